The average molecular weight is 580 g/mol. The zero-order chi connectivity index (χ0) is 28.8. The van der Waals surface area contributed by atoms with Crippen molar-refractivity contribution in [1.82, 2.24) is 14.8 Å². The first-order chi connectivity index (χ1) is 19.1. The molecule has 1 heterocycles. The molecular formula is C32H36Cl2N4O2. The second-order valence-electron chi connectivity index (χ2n) is 10.7. The van der Waals surface area contributed by atoms with E-state index in [1.807, 2.05) is 74.3 Å². The summed E-state index contributed by atoms with van der Waals surface area (Å²) in [5.74, 6) is -0.170. The number of fused-ring (bicyclic) bond motifs is 1. The molecule has 6 nitrogen and oxygen atoms in total. The Bertz CT molecular complexity index is 1460. The van der Waals surface area contributed by atoms with Gasteiger partial charge in [0.05, 0.1) is 10.0 Å². The second-order valence-corrected chi connectivity index (χ2v) is 11.5. The minimum absolute atomic E-state index is 0.0269. The van der Waals surface area contributed by atoms with Crippen LogP contribution in [0.25, 0.3) is 10.9 Å². The van der Waals surface area contributed by atoms with Crippen LogP contribution in [0.2, 0.25) is 10.0 Å². The van der Waals surface area contributed by atoms with E-state index in [1.54, 1.807) is 23.1 Å². The number of hydrogen-bond acceptors (Lipinski definition) is 3. The van der Waals surface area contributed by atoms with Gasteiger partial charge >= 0.3 is 0 Å². The molecule has 0 bridgehead atoms. The summed E-state index contributed by atoms with van der Waals surface area (Å²) in [7, 11) is 4.00. The van der Waals surface area contributed by atoms with Crippen LogP contribution in [0.5, 0.6) is 0 Å². The van der Waals surface area contributed by atoms with Crippen LogP contribution >= 0.6 is 23.2 Å². The fourth-order valence-electron chi connectivity index (χ4n) is 4.74. The van der Waals surface area contributed by atoms with Gasteiger partial charge in [0.15, 0.2) is 0 Å². The Morgan fingerprint density at radius 2 is 1.62 bits per heavy atom. The molecule has 8 heteroatoms. The van der Waals surface area contributed by atoms with Gasteiger partial charge < -0.3 is 19.7 Å². The molecule has 4 aromatic rings. The number of aromatic nitrogens is 1. The molecular weight excluding hydrogens is 543 g/mol. The van der Waals surface area contributed by atoms with Crippen molar-refractivity contribution in [3.63, 3.8) is 0 Å². The Kier molecular flexibility index (Phi) is 9.77. The number of benzene rings is 3. The minimum atomic E-state index is -0.243. The minimum Gasteiger partial charge on any atom is -0.378 e. The van der Waals surface area contributed by atoms with E-state index in [0.717, 1.165) is 27.7 Å². The fraction of sp³-hybridized carbons (Fsp3) is 0.312. The van der Waals surface area contributed by atoms with Crippen LogP contribution < -0.4 is 4.90 Å². The summed E-state index contributed by atoms with van der Waals surface area (Å²) < 4.78 is 0. The number of carbonyl (C=O) groups excluding carboxylic acids is 2. The van der Waals surface area contributed by atoms with Crippen molar-refractivity contribution in [2.24, 2.45) is 5.92 Å². The summed E-state index contributed by atoms with van der Waals surface area (Å²) in [5.41, 5.74) is 4.76. The fourth-order valence-corrected chi connectivity index (χ4v) is 5.04. The Balaban J connectivity index is 1.57. The Labute approximate surface area is 246 Å². The largest absolute Gasteiger partial charge is 0.378 e. The normalized spacial score (nSPS) is 11.2. The second kappa shape index (κ2) is 13.2. The number of H-pyrrole nitrogens is 1. The first-order valence-corrected chi connectivity index (χ1v) is 14.2. The van der Waals surface area contributed by atoms with Gasteiger partial charge in [0.2, 0.25) is 5.91 Å². The molecule has 0 spiro atoms. The van der Waals surface area contributed by atoms with Gasteiger partial charge in [0, 0.05) is 62.1 Å². The van der Waals surface area contributed by atoms with Gasteiger partial charge in [-0.25, -0.2) is 0 Å². The summed E-state index contributed by atoms with van der Waals surface area (Å²) in [5, 5.41) is 1.85. The molecule has 0 saturated carbocycles. The molecule has 1 aromatic heterocycles. The van der Waals surface area contributed by atoms with E-state index in [1.165, 1.54) is 0 Å². The van der Waals surface area contributed by atoms with Crippen LogP contribution in [0.4, 0.5) is 5.69 Å². The molecule has 2 amide bonds. The molecule has 0 saturated heterocycles. The molecule has 210 valence electrons. The van der Waals surface area contributed by atoms with E-state index < -0.39 is 0 Å². The van der Waals surface area contributed by atoms with Crippen molar-refractivity contribution >= 4 is 51.6 Å². The number of rotatable bonds is 11. The number of nitrogens with zero attached hydrogens (tertiary/aromatic N) is 3. The maximum Gasteiger partial charge on any atom is 0.254 e. The van der Waals surface area contributed by atoms with Crippen LogP contribution in [-0.4, -0.2) is 60.3 Å². The number of aromatic amines is 1. The summed E-state index contributed by atoms with van der Waals surface area (Å²) in [6.45, 7) is 5.44. The third-order valence-corrected chi connectivity index (χ3v) is 7.61. The molecule has 0 fully saturated rings. The van der Waals surface area contributed by atoms with Gasteiger partial charge in [-0.3, -0.25) is 9.59 Å². The monoisotopic (exact) mass is 578 g/mol. The molecule has 0 aliphatic heterocycles. The van der Waals surface area contributed by atoms with Crippen molar-refractivity contribution in [1.29, 1.82) is 0 Å². The maximum atomic E-state index is 13.9. The summed E-state index contributed by atoms with van der Waals surface area (Å²) in [6, 6.07) is 21.2. The highest BCUT2D eigenvalue weighted by Gasteiger charge is 2.24. The predicted octanol–water partition coefficient (Wildman–Crippen LogP) is 6.91. The van der Waals surface area contributed by atoms with Crippen molar-refractivity contribution in [3.8, 4) is 0 Å². The molecule has 0 aliphatic rings. The van der Waals surface area contributed by atoms with E-state index in [4.69, 9.17) is 23.2 Å². The van der Waals surface area contributed by atoms with Gasteiger partial charge in [-0.2, -0.15) is 0 Å². The lowest BCUT2D eigenvalue weighted by Gasteiger charge is -2.29. The van der Waals surface area contributed by atoms with E-state index in [0.29, 0.717) is 41.7 Å². The molecule has 4 rings (SSSR count). The molecule has 3 aromatic carbocycles. The van der Waals surface area contributed by atoms with Crippen LogP contribution in [0.15, 0.2) is 72.9 Å². The number of para-hydroxylation sites is 1. The quantitative estimate of drug-likeness (QED) is 0.210. The number of anilines is 1. The topological polar surface area (TPSA) is 59.7 Å². The number of carbonyl (C=O) groups is 2. The summed E-state index contributed by atoms with van der Waals surface area (Å²) in [4.78, 5) is 36.2. The predicted molar refractivity (Wildman–Crippen MR) is 165 cm³/mol. The summed E-state index contributed by atoms with van der Waals surface area (Å²) in [6.07, 6.45) is 2.70. The van der Waals surface area contributed by atoms with Gasteiger partial charge in [-0.15, -0.1) is 0 Å². The Morgan fingerprint density at radius 3 is 2.30 bits per heavy atom. The third kappa shape index (κ3) is 7.38. The molecule has 0 atom stereocenters. The first kappa shape index (κ1) is 29.5. The highest BCUT2D eigenvalue weighted by Crippen LogP contribution is 2.24. The van der Waals surface area contributed by atoms with Gasteiger partial charge in [-0.1, -0.05) is 67.4 Å². The number of nitrogens with one attached hydrogen (secondary N) is 1. The van der Waals surface area contributed by atoms with Crippen molar-refractivity contribution < 1.29 is 9.59 Å². The highest BCUT2D eigenvalue weighted by atomic mass is 35.5. The average Bonchev–Trinajstić information content (AvgIpc) is 3.34. The molecule has 0 radical (unpaired) electrons. The zero-order valence-electron chi connectivity index (χ0n) is 23.5. The lowest BCUT2D eigenvalue weighted by Crippen LogP contribution is -2.44. The van der Waals surface area contributed by atoms with E-state index in [-0.39, 0.29) is 24.3 Å². The van der Waals surface area contributed by atoms with Crippen LogP contribution in [0.3, 0.4) is 0 Å². The Morgan fingerprint density at radius 1 is 0.900 bits per heavy atom. The van der Waals surface area contributed by atoms with E-state index >= 15 is 0 Å². The van der Waals surface area contributed by atoms with Crippen LogP contribution in [0.1, 0.15) is 35.3 Å². The highest BCUT2D eigenvalue weighted by molar-refractivity contribution is 6.42. The van der Waals surface area contributed by atoms with Crippen molar-refractivity contribution in [3.05, 3.63) is 99.7 Å². The SMILES string of the molecule is CC(C)CN(CC(=O)N(CCc1c[nH]c2ccccc12)Cc1ccc(N(C)C)cc1)C(=O)c1ccc(Cl)c(Cl)c1. The van der Waals surface area contributed by atoms with Crippen LogP contribution in [0, 0.1) is 5.92 Å². The molecule has 1 N–H and O–H groups in total. The summed E-state index contributed by atoms with van der Waals surface area (Å²) >= 11 is 12.3. The smallest absolute Gasteiger partial charge is 0.254 e. The molecule has 0 unspecified atom stereocenters. The molecule has 40 heavy (non-hydrogen) atoms. The van der Waals surface area contributed by atoms with Crippen LogP contribution in [-0.2, 0) is 17.8 Å². The number of halogens is 2. The zero-order valence-corrected chi connectivity index (χ0v) is 25.0. The van der Waals surface area contributed by atoms with Crippen molar-refractivity contribution in [2.45, 2.75) is 26.8 Å². The number of hydrogen-bond donors (Lipinski definition) is 1. The van der Waals surface area contributed by atoms with Gasteiger partial charge in [-0.05, 0) is 59.9 Å². The lowest BCUT2D eigenvalue weighted by atomic mass is 10.1. The van der Waals surface area contributed by atoms with E-state index in [2.05, 4.69) is 23.2 Å². The molecule has 0 aliphatic carbocycles. The standard InChI is InChI=1S/C32H36Cl2N4O2/c1-22(2)19-38(32(40)24-11-14-28(33)29(34)17-24)21-31(39)37(20-23-9-12-26(13-10-23)36(3)4)16-15-25-18-35-30-8-6-5-7-27(25)30/h5-14,17-18,22,35H,15-16,19-21H2,1-4H3. The van der Waals surface area contributed by atoms with Gasteiger partial charge in [0.25, 0.3) is 5.91 Å². The Hall–Kier alpha value is -3.48. The lowest BCUT2D eigenvalue weighted by molar-refractivity contribution is -0.132. The van der Waals surface area contributed by atoms with E-state index in [9.17, 15) is 9.59 Å². The van der Waals surface area contributed by atoms with Gasteiger partial charge in [0.1, 0.15) is 6.54 Å². The first-order valence-electron chi connectivity index (χ1n) is 13.5. The third-order valence-electron chi connectivity index (χ3n) is 6.87. The number of amides is 2. The maximum absolute atomic E-state index is 13.9. The van der Waals surface area contributed by atoms with Crippen molar-refractivity contribution in [2.75, 3.05) is 38.6 Å².